The summed E-state index contributed by atoms with van der Waals surface area (Å²) in [7, 11) is 0. The molecule has 2 nitrogen and oxygen atoms in total. The lowest BCUT2D eigenvalue weighted by atomic mass is 10.2. The van der Waals surface area contributed by atoms with Gasteiger partial charge in [-0.3, -0.25) is 0 Å². The first kappa shape index (κ1) is 13.5. The Labute approximate surface area is 129 Å². The first-order valence-electron chi connectivity index (χ1n) is 5.02. The molecule has 0 aliphatic heterocycles. The second-order valence-corrected chi connectivity index (χ2v) is 5.62. The number of rotatable bonds is 2. The molecule has 2 rings (SSSR count). The lowest BCUT2D eigenvalue weighted by Gasteiger charge is -2.09. The normalized spacial score (nSPS) is 9.89. The molecule has 0 fully saturated rings. The number of nitriles is 1. The SMILES string of the molecule is N#Cc1ccc(Nc2ccc(I)cc2Cl)cc1Cl. The number of nitrogens with one attached hydrogen (secondary N) is 1. The highest BCUT2D eigenvalue weighted by molar-refractivity contribution is 14.1. The maximum atomic E-state index is 8.80. The molecule has 0 saturated carbocycles. The molecule has 0 unspecified atom stereocenters. The van der Waals surface area contributed by atoms with Gasteiger partial charge in [-0.05, 0) is 59.0 Å². The number of hydrogen-bond acceptors (Lipinski definition) is 2. The van der Waals surface area contributed by atoms with Crippen molar-refractivity contribution in [2.24, 2.45) is 0 Å². The van der Waals surface area contributed by atoms with Crippen molar-refractivity contribution in [2.75, 3.05) is 5.32 Å². The summed E-state index contributed by atoms with van der Waals surface area (Å²) in [6.07, 6.45) is 0. The van der Waals surface area contributed by atoms with Gasteiger partial charge in [-0.25, -0.2) is 0 Å². The fraction of sp³-hybridized carbons (Fsp3) is 0. The quantitative estimate of drug-likeness (QED) is 0.716. The molecule has 0 atom stereocenters. The van der Waals surface area contributed by atoms with Crippen molar-refractivity contribution in [3.05, 3.63) is 55.6 Å². The summed E-state index contributed by atoms with van der Waals surface area (Å²) < 4.78 is 1.07. The van der Waals surface area contributed by atoms with Crippen molar-refractivity contribution in [3.63, 3.8) is 0 Å². The molecule has 0 heterocycles. The Morgan fingerprint density at radius 3 is 2.44 bits per heavy atom. The Morgan fingerprint density at radius 2 is 1.83 bits per heavy atom. The highest BCUT2D eigenvalue weighted by atomic mass is 127. The lowest BCUT2D eigenvalue weighted by molar-refractivity contribution is 1.47. The van der Waals surface area contributed by atoms with Gasteiger partial charge in [0, 0.05) is 9.26 Å². The molecule has 0 aromatic heterocycles. The number of halogens is 3. The second-order valence-electron chi connectivity index (χ2n) is 3.56. The molecule has 1 N–H and O–H groups in total. The van der Waals surface area contributed by atoms with Gasteiger partial charge in [-0.1, -0.05) is 23.2 Å². The van der Waals surface area contributed by atoms with E-state index in [-0.39, 0.29) is 0 Å². The van der Waals surface area contributed by atoms with Gasteiger partial charge < -0.3 is 5.32 Å². The van der Waals surface area contributed by atoms with Crippen LogP contribution in [0.3, 0.4) is 0 Å². The van der Waals surface area contributed by atoms with Crippen LogP contribution < -0.4 is 5.32 Å². The van der Waals surface area contributed by atoms with Gasteiger partial charge in [-0.15, -0.1) is 0 Å². The van der Waals surface area contributed by atoms with E-state index in [0.29, 0.717) is 15.6 Å². The summed E-state index contributed by atoms with van der Waals surface area (Å²) in [5, 5.41) is 13.0. The van der Waals surface area contributed by atoms with Crippen LogP contribution in [0, 0.1) is 14.9 Å². The van der Waals surface area contributed by atoms with Crippen LogP contribution in [0.1, 0.15) is 5.56 Å². The van der Waals surface area contributed by atoms with E-state index < -0.39 is 0 Å². The third kappa shape index (κ3) is 3.08. The van der Waals surface area contributed by atoms with Crippen LogP contribution >= 0.6 is 45.8 Å². The topological polar surface area (TPSA) is 35.8 Å². The van der Waals surface area contributed by atoms with Gasteiger partial charge in [0.2, 0.25) is 0 Å². The molecule has 90 valence electrons. The maximum Gasteiger partial charge on any atom is 0.101 e. The van der Waals surface area contributed by atoms with Crippen molar-refractivity contribution in [1.29, 1.82) is 5.26 Å². The Balaban J connectivity index is 2.29. The van der Waals surface area contributed by atoms with E-state index in [2.05, 4.69) is 27.9 Å². The van der Waals surface area contributed by atoms with Crippen molar-refractivity contribution in [2.45, 2.75) is 0 Å². The Morgan fingerprint density at radius 1 is 1.06 bits per heavy atom. The minimum absolute atomic E-state index is 0.420. The predicted octanol–water partition coefficient (Wildman–Crippen LogP) is 5.21. The monoisotopic (exact) mass is 388 g/mol. The summed E-state index contributed by atoms with van der Waals surface area (Å²) in [4.78, 5) is 0. The first-order chi connectivity index (χ1) is 8.60. The minimum atomic E-state index is 0.420. The molecule has 0 aliphatic carbocycles. The smallest absolute Gasteiger partial charge is 0.101 e. The van der Waals surface area contributed by atoms with Crippen LogP contribution in [-0.4, -0.2) is 0 Å². The number of benzene rings is 2. The Kier molecular flexibility index (Phi) is 4.33. The summed E-state index contributed by atoms with van der Waals surface area (Å²) in [5.41, 5.74) is 2.05. The minimum Gasteiger partial charge on any atom is -0.354 e. The van der Waals surface area contributed by atoms with E-state index in [9.17, 15) is 0 Å². The zero-order valence-corrected chi connectivity index (χ0v) is 12.7. The van der Waals surface area contributed by atoms with Crippen molar-refractivity contribution in [3.8, 4) is 6.07 Å². The van der Waals surface area contributed by atoms with Crippen LogP contribution in [0.4, 0.5) is 11.4 Å². The first-order valence-corrected chi connectivity index (χ1v) is 6.85. The molecular formula is C13H7Cl2IN2. The highest BCUT2D eigenvalue weighted by Crippen LogP contribution is 2.28. The Bertz CT molecular complexity index is 635. The lowest BCUT2D eigenvalue weighted by Crippen LogP contribution is -1.92. The van der Waals surface area contributed by atoms with E-state index in [1.807, 2.05) is 24.3 Å². The molecule has 2 aromatic rings. The van der Waals surface area contributed by atoms with Crippen LogP contribution in [0.15, 0.2) is 36.4 Å². The molecule has 0 radical (unpaired) electrons. The third-order valence-electron chi connectivity index (χ3n) is 2.30. The van der Waals surface area contributed by atoms with E-state index in [0.717, 1.165) is 14.9 Å². The average molecular weight is 389 g/mol. The fourth-order valence-corrected chi connectivity index (χ4v) is 2.56. The number of anilines is 2. The van der Waals surface area contributed by atoms with Crippen molar-refractivity contribution >= 4 is 57.2 Å². The van der Waals surface area contributed by atoms with Gasteiger partial charge in [0.25, 0.3) is 0 Å². The van der Waals surface area contributed by atoms with Crippen molar-refractivity contribution < 1.29 is 0 Å². The third-order valence-corrected chi connectivity index (χ3v) is 3.60. The van der Waals surface area contributed by atoms with Gasteiger partial charge in [0.1, 0.15) is 6.07 Å². The molecule has 0 bridgehead atoms. The molecule has 0 saturated heterocycles. The summed E-state index contributed by atoms with van der Waals surface area (Å²) in [6, 6.07) is 12.9. The maximum absolute atomic E-state index is 8.80. The summed E-state index contributed by atoms with van der Waals surface area (Å²) in [6.45, 7) is 0. The van der Waals surface area contributed by atoms with Crippen LogP contribution in [0.25, 0.3) is 0 Å². The standard InChI is InChI=1S/C13H7Cl2IN2/c14-11-6-10(3-1-8(11)7-17)18-13-4-2-9(16)5-12(13)15/h1-6,18H. The molecule has 5 heteroatoms. The van der Waals surface area contributed by atoms with Gasteiger partial charge in [-0.2, -0.15) is 5.26 Å². The summed E-state index contributed by atoms with van der Waals surface area (Å²) in [5.74, 6) is 0. The molecule has 2 aromatic carbocycles. The van der Waals surface area contributed by atoms with E-state index in [1.54, 1.807) is 18.2 Å². The van der Waals surface area contributed by atoms with Crippen molar-refractivity contribution in [1.82, 2.24) is 0 Å². The molecule has 0 spiro atoms. The fourth-order valence-electron chi connectivity index (χ4n) is 1.43. The van der Waals surface area contributed by atoms with Crippen LogP contribution in [-0.2, 0) is 0 Å². The second kappa shape index (κ2) is 5.79. The van der Waals surface area contributed by atoms with Crippen LogP contribution in [0.5, 0.6) is 0 Å². The highest BCUT2D eigenvalue weighted by Gasteiger charge is 2.04. The van der Waals surface area contributed by atoms with E-state index >= 15 is 0 Å². The number of hydrogen-bond donors (Lipinski definition) is 1. The number of nitrogens with zero attached hydrogens (tertiary/aromatic N) is 1. The van der Waals surface area contributed by atoms with Crippen LogP contribution in [0.2, 0.25) is 10.0 Å². The summed E-state index contributed by atoms with van der Waals surface area (Å²) >= 11 is 14.3. The zero-order valence-electron chi connectivity index (χ0n) is 9.05. The van der Waals surface area contributed by atoms with E-state index in [1.165, 1.54) is 0 Å². The van der Waals surface area contributed by atoms with E-state index in [4.69, 9.17) is 28.5 Å². The van der Waals surface area contributed by atoms with Gasteiger partial charge in [0.15, 0.2) is 0 Å². The molecule has 18 heavy (non-hydrogen) atoms. The largest absolute Gasteiger partial charge is 0.354 e. The molecular weight excluding hydrogens is 382 g/mol. The predicted molar refractivity (Wildman–Crippen MR) is 83.6 cm³/mol. The van der Waals surface area contributed by atoms with Gasteiger partial charge >= 0.3 is 0 Å². The molecule has 0 amide bonds. The Hall–Kier alpha value is -0.960. The van der Waals surface area contributed by atoms with Gasteiger partial charge in [0.05, 0.1) is 21.3 Å². The average Bonchev–Trinajstić information content (AvgIpc) is 2.33. The molecule has 0 aliphatic rings. The zero-order chi connectivity index (χ0) is 13.1.